The maximum atomic E-state index is 6.02. The fourth-order valence-corrected chi connectivity index (χ4v) is 2.83. The minimum Gasteiger partial charge on any atom is -0.377 e. The lowest BCUT2D eigenvalue weighted by Crippen LogP contribution is -2.60. The second-order valence-corrected chi connectivity index (χ2v) is 5.42. The molecule has 0 aromatic heterocycles. The first-order valence-electron chi connectivity index (χ1n) is 6.81. The van der Waals surface area contributed by atoms with Crippen molar-refractivity contribution in [2.24, 2.45) is 0 Å². The molecule has 19 heavy (non-hydrogen) atoms. The third kappa shape index (κ3) is 3.48. The van der Waals surface area contributed by atoms with E-state index in [0.29, 0.717) is 6.04 Å². The summed E-state index contributed by atoms with van der Waals surface area (Å²) in [7, 11) is 1.74. The third-order valence-electron chi connectivity index (χ3n) is 3.71. The van der Waals surface area contributed by atoms with Crippen LogP contribution in [-0.4, -0.2) is 32.0 Å². The average molecular weight is 284 g/mol. The van der Waals surface area contributed by atoms with Gasteiger partial charge >= 0.3 is 0 Å². The van der Waals surface area contributed by atoms with Crippen LogP contribution in [-0.2, 0) is 9.47 Å². The number of methoxy groups -OCH3 is 1. The van der Waals surface area contributed by atoms with Crippen LogP contribution in [0.1, 0.15) is 31.9 Å². The van der Waals surface area contributed by atoms with Gasteiger partial charge in [-0.15, -0.1) is 0 Å². The van der Waals surface area contributed by atoms with E-state index >= 15 is 0 Å². The molecule has 2 rings (SSSR count). The Hall–Kier alpha value is -0.610. The van der Waals surface area contributed by atoms with Gasteiger partial charge in [0.2, 0.25) is 0 Å². The van der Waals surface area contributed by atoms with Gasteiger partial charge in [-0.25, -0.2) is 0 Å². The summed E-state index contributed by atoms with van der Waals surface area (Å²) in [4.78, 5) is 0. The SMILES string of the molecule is CCOC1CC(NC(C)c2cccc(Cl)c2)C1OC. The third-order valence-corrected chi connectivity index (χ3v) is 3.95. The van der Waals surface area contributed by atoms with E-state index in [-0.39, 0.29) is 18.2 Å². The number of rotatable bonds is 6. The Labute approximate surface area is 120 Å². The molecule has 4 unspecified atom stereocenters. The molecule has 106 valence electrons. The van der Waals surface area contributed by atoms with Crippen LogP contribution in [0.25, 0.3) is 0 Å². The number of halogens is 1. The molecule has 1 aromatic carbocycles. The van der Waals surface area contributed by atoms with Gasteiger partial charge in [0.05, 0.1) is 12.2 Å². The smallest absolute Gasteiger partial charge is 0.0987 e. The Morgan fingerprint density at radius 3 is 2.89 bits per heavy atom. The second-order valence-electron chi connectivity index (χ2n) is 4.98. The van der Waals surface area contributed by atoms with E-state index in [1.165, 1.54) is 5.56 Å². The summed E-state index contributed by atoms with van der Waals surface area (Å²) < 4.78 is 11.1. The zero-order valence-electron chi connectivity index (χ0n) is 11.7. The molecule has 0 heterocycles. The molecule has 1 N–H and O–H groups in total. The van der Waals surface area contributed by atoms with E-state index in [1.54, 1.807) is 7.11 Å². The predicted octanol–water partition coefficient (Wildman–Crippen LogP) is 3.18. The van der Waals surface area contributed by atoms with Gasteiger partial charge in [-0.05, 0) is 38.0 Å². The van der Waals surface area contributed by atoms with Crippen LogP contribution in [0.4, 0.5) is 0 Å². The first-order valence-corrected chi connectivity index (χ1v) is 7.19. The Bertz CT molecular complexity index is 413. The van der Waals surface area contributed by atoms with Crippen LogP contribution in [0.15, 0.2) is 24.3 Å². The molecule has 0 saturated heterocycles. The van der Waals surface area contributed by atoms with Gasteiger partial charge < -0.3 is 14.8 Å². The molecule has 0 bridgehead atoms. The molecule has 1 saturated carbocycles. The molecule has 4 heteroatoms. The fraction of sp³-hybridized carbons (Fsp3) is 0.600. The Morgan fingerprint density at radius 2 is 2.26 bits per heavy atom. The van der Waals surface area contributed by atoms with Gasteiger partial charge in [-0.3, -0.25) is 0 Å². The van der Waals surface area contributed by atoms with Crippen molar-refractivity contribution < 1.29 is 9.47 Å². The Kier molecular flexibility index (Phi) is 5.22. The maximum absolute atomic E-state index is 6.02. The van der Waals surface area contributed by atoms with E-state index < -0.39 is 0 Å². The van der Waals surface area contributed by atoms with E-state index in [4.69, 9.17) is 21.1 Å². The Balaban J connectivity index is 1.91. The lowest BCUT2D eigenvalue weighted by molar-refractivity contribution is -0.133. The van der Waals surface area contributed by atoms with Crippen LogP contribution < -0.4 is 5.32 Å². The molecular formula is C15H22ClNO2. The number of benzene rings is 1. The molecule has 0 aliphatic heterocycles. The monoisotopic (exact) mass is 283 g/mol. The summed E-state index contributed by atoms with van der Waals surface area (Å²) in [5, 5.41) is 4.36. The molecular weight excluding hydrogens is 262 g/mol. The highest BCUT2D eigenvalue weighted by Gasteiger charge is 2.42. The van der Waals surface area contributed by atoms with Crippen molar-refractivity contribution in [3.05, 3.63) is 34.9 Å². The summed E-state index contributed by atoms with van der Waals surface area (Å²) in [5.41, 5.74) is 1.20. The average Bonchev–Trinajstić information content (AvgIpc) is 2.37. The Morgan fingerprint density at radius 1 is 1.47 bits per heavy atom. The molecule has 1 aliphatic rings. The first-order chi connectivity index (χ1) is 9.15. The van der Waals surface area contributed by atoms with Crippen molar-refractivity contribution in [1.29, 1.82) is 0 Å². The van der Waals surface area contributed by atoms with Gasteiger partial charge in [0.1, 0.15) is 0 Å². The van der Waals surface area contributed by atoms with Crippen molar-refractivity contribution in [1.82, 2.24) is 5.32 Å². The van der Waals surface area contributed by atoms with Crippen LogP contribution in [0, 0.1) is 0 Å². The van der Waals surface area contributed by atoms with Crippen LogP contribution in [0.3, 0.4) is 0 Å². The zero-order valence-corrected chi connectivity index (χ0v) is 12.5. The summed E-state index contributed by atoms with van der Waals surface area (Å²) >= 11 is 6.02. The highest BCUT2D eigenvalue weighted by atomic mass is 35.5. The van der Waals surface area contributed by atoms with Gasteiger partial charge in [-0.1, -0.05) is 23.7 Å². The first kappa shape index (κ1) is 14.8. The van der Waals surface area contributed by atoms with Crippen molar-refractivity contribution >= 4 is 11.6 Å². The van der Waals surface area contributed by atoms with Crippen LogP contribution in [0.5, 0.6) is 0 Å². The van der Waals surface area contributed by atoms with Crippen LogP contribution >= 0.6 is 11.6 Å². The van der Waals surface area contributed by atoms with Gasteiger partial charge in [0, 0.05) is 30.8 Å². The second kappa shape index (κ2) is 6.71. The molecule has 0 radical (unpaired) electrons. The van der Waals surface area contributed by atoms with Crippen molar-refractivity contribution in [3.63, 3.8) is 0 Å². The van der Waals surface area contributed by atoms with Gasteiger partial charge in [0.15, 0.2) is 0 Å². The number of hydrogen-bond donors (Lipinski definition) is 1. The van der Waals surface area contributed by atoms with E-state index in [2.05, 4.69) is 18.3 Å². The summed E-state index contributed by atoms with van der Waals surface area (Å²) in [6, 6.07) is 8.56. The molecule has 0 amide bonds. The molecule has 1 fully saturated rings. The quantitative estimate of drug-likeness (QED) is 0.870. The van der Waals surface area contributed by atoms with E-state index in [1.807, 2.05) is 25.1 Å². The fourth-order valence-electron chi connectivity index (χ4n) is 2.63. The highest BCUT2D eigenvalue weighted by molar-refractivity contribution is 6.30. The largest absolute Gasteiger partial charge is 0.377 e. The number of hydrogen-bond acceptors (Lipinski definition) is 3. The van der Waals surface area contributed by atoms with Crippen molar-refractivity contribution in [2.75, 3.05) is 13.7 Å². The van der Waals surface area contributed by atoms with Crippen LogP contribution in [0.2, 0.25) is 5.02 Å². The van der Waals surface area contributed by atoms with E-state index in [0.717, 1.165) is 18.1 Å². The summed E-state index contributed by atoms with van der Waals surface area (Å²) in [6.07, 6.45) is 1.36. The molecule has 3 nitrogen and oxygen atoms in total. The normalized spacial score (nSPS) is 27.9. The highest BCUT2D eigenvalue weighted by Crippen LogP contribution is 2.29. The topological polar surface area (TPSA) is 30.5 Å². The molecule has 4 atom stereocenters. The van der Waals surface area contributed by atoms with Gasteiger partial charge in [-0.2, -0.15) is 0 Å². The molecule has 1 aromatic rings. The van der Waals surface area contributed by atoms with Crippen molar-refractivity contribution in [3.8, 4) is 0 Å². The summed E-state index contributed by atoms with van der Waals surface area (Å²) in [6.45, 7) is 4.90. The molecule has 1 aliphatic carbocycles. The standard InChI is InChI=1S/C15H22ClNO2/c1-4-19-14-9-13(15(14)18-3)17-10(2)11-6-5-7-12(16)8-11/h5-8,10,13-15,17H,4,9H2,1-3H3. The summed E-state index contributed by atoms with van der Waals surface area (Å²) in [5.74, 6) is 0. The minimum absolute atomic E-state index is 0.140. The minimum atomic E-state index is 0.140. The lowest BCUT2D eigenvalue weighted by Gasteiger charge is -2.44. The zero-order chi connectivity index (χ0) is 13.8. The lowest BCUT2D eigenvalue weighted by atomic mass is 9.84. The molecule has 0 spiro atoms. The number of nitrogens with one attached hydrogen (secondary N) is 1. The van der Waals surface area contributed by atoms with Crippen molar-refractivity contribution in [2.45, 2.75) is 44.6 Å². The predicted molar refractivity (Wildman–Crippen MR) is 77.6 cm³/mol. The number of ether oxygens (including phenoxy) is 2. The maximum Gasteiger partial charge on any atom is 0.0987 e. The van der Waals surface area contributed by atoms with E-state index in [9.17, 15) is 0 Å². The van der Waals surface area contributed by atoms with Gasteiger partial charge in [0.25, 0.3) is 0 Å².